The van der Waals surface area contributed by atoms with E-state index in [1.807, 2.05) is 0 Å². The van der Waals surface area contributed by atoms with Crippen LogP contribution in [0.3, 0.4) is 0 Å². The molecule has 0 aliphatic heterocycles. The molecule has 0 radical (unpaired) electrons. The second-order valence-corrected chi connectivity index (χ2v) is 5.55. The molecule has 0 aliphatic carbocycles. The molecule has 9 heteroatoms. The zero-order chi connectivity index (χ0) is 16.4. The lowest BCUT2D eigenvalue weighted by molar-refractivity contribution is -0.174. The molecule has 5 nitrogen and oxygen atoms in total. The number of hydrogen-bond donors (Lipinski definition) is 2. The number of carbonyl (C=O) groups excluding carboxylic acids is 1. The largest absolute Gasteiger partial charge is 0.503 e. The molecule has 1 aromatic carbocycles. The summed E-state index contributed by atoms with van der Waals surface area (Å²) in [5, 5.41) is 9.76. The van der Waals surface area contributed by atoms with Gasteiger partial charge in [-0.2, -0.15) is 8.78 Å². The first-order valence-corrected chi connectivity index (χ1v) is 7.32. The van der Waals surface area contributed by atoms with Crippen LogP contribution >= 0.6 is 31.9 Å². The van der Waals surface area contributed by atoms with Crippen molar-refractivity contribution in [3.8, 4) is 11.5 Å². The SMILES string of the molecule is CCOC(=O)C(F)(F)[C@@H](N)c1cc(OC)c(O)c(Br)c1Br. The third kappa shape index (κ3) is 3.46. The van der Waals surface area contributed by atoms with Crippen LogP contribution in [0.25, 0.3) is 0 Å². The molecule has 0 spiro atoms. The summed E-state index contributed by atoms with van der Waals surface area (Å²) >= 11 is 6.08. The van der Waals surface area contributed by atoms with Crippen molar-refractivity contribution in [2.45, 2.75) is 18.9 Å². The number of methoxy groups -OCH3 is 1. The van der Waals surface area contributed by atoms with Crippen LogP contribution in [0.2, 0.25) is 0 Å². The van der Waals surface area contributed by atoms with Crippen LogP contribution in [0, 0.1) is 0 Å². The van der Waals surface area contributed by atoms with Gasteiger partial charge in [0.15, 0.2) is 11.5 Å². The van der Waals surface area contributed by atoms with Crippen molar-refractivity contribution < 1.29 is 28.2 Å². The summed E-state index contributed by atoms with van der Waals surface area (Å²) < 4.78 is 37.4. The molecule has 0 heterocycles. The molecule has 3 N–H and O–H groups in total. The molecule has 0 fully saturated rings. The van der Waals surface area contributed by atoms with Gasteiger partial charge in [0.05, 0.1) is 18.2 Å². The number of benzene rings is 1. The van der Waals surface area contributed by atoms with Gasteiger partial charge in [-0.25, -0.2) is 4.79 Å². The second-order valence-electron chi connectivity index (χ2n) is 3.97. The highest BCUT2D eigenvalue weighted by Gasteiger charge is 2.48. The molecule has 0 aliphatic rings. The topological polar surface area (TPSA) is 81.8 Å². The maximum absolute atomic E-state index is 14.0. The summed E-state index contributed by atoms with van der Waals surface area (Å²) in [6.07, 6.45) is 0. The summed E-state index contributed by atoms with van der Waals surface area (Å²) in [6, 6.07) is -0.848. The molecule has 0 amide bonds. The van der Waals surface area contributed by atoms with Crippen molar-refractivity contribution in [2.75, 3.05) is 13.7 Å². The van der Waals surface area contributed by atoms with Crippen LogP contribution in [-0.4, -0.2) is 30.7 Å². The lowest BCUT2D eigenvalue weighted by Gasteiger charge is -2.24. The molecule has 0 saturated heterocycles. The predicted octanol–water partition coefficient (Wildman–Crippen LogP) is 3.12. The normalized spacial score (nSPS) is 12.9. The molecule has 21 heavy (non-hydrogen) atoms. The highest BCUT2D eigenvalue weighted by atomic mass is 79.9. The summed E-state index contributed by atoms with van der Waals surface area (Å²) in [6.45, 7) is 1.22. The first kappa shape index (κ1) is 18.1. The van der Waals surface area contributed by atoms with E-state index in [1.54, 1.807) is 0 Å². The smallest absolute Gasteiger partial charge is 0.379 e. The number of phenols is 1. The first-order valence-electron chi connectivity index (χ1n) is 5.73. The Balaban J connectivity index is 3.33. The number of aromatic hydroxyl groups is 1. The van der Waals surface area contributed by atoms with Crippen LogP contribution in [-0.2, 0) is 9.53 Å². The molecular weight excluding hydrogens is 420 g/mol. The molecule has 0 saturated carbocycles. The minimum absolute atomic E-state index is 0.0600. The van der Waals surface area contributed by atoms with E-state index in [2.05, 4.69) is 36.6 Å². The summed E-state index contributed by atoms with van der Waals surface area (Å²) in [4.78, 5) is 11.3. The number of alkyl halides is 2. The number of halogens is 4. The third-order valence-electron chi connectivity index (χ3n) is 2.67. The fraction of sp³-hybridized carbons (Fsp3) is 0.417. The van der Waals surface area contributed by atoms with E-state index in [1.165, 1.54) is 14.0 Å². The number of carbonyl (C=O) groups is 1. The number of ether oxygens (including phenoxy) is 2. The van der Waals surface area contributed by atoms with E-state index >= 15 is 0 Å². The van der Waals surface area contributed by atoms with Crippen LogP contribution < -0.4 is 10.5 Å². The van der Waals surface area contributed by atoms with Gasteiger partial charge < -0.3 is 20.3 Å². The van der Waals surface area contributed by atoms with Crippen molar-refractivity contribution in [2.24, 2.45) is 5.73 Å². The zero-order valence-corrected chi connectivity index (χ0v) is 14.3. The van der Waals surface area contributed by atoms with Gasteiger partial charge in [-0.3, -0.25) is 0 Å². The Kier molecular flexibility index (Phi) is 5.94. The fourth-order valence-corrected chi connectivity index (χ4v) is 2.52. The lowest BCUT2D eigenvalue weighted by Crippen LogP contribution is -2.42. The molecule has 0 unspecified atom stereocenters. The monoisotopic (exact) mass is 431 g/mol. The molecule has 118 valence electrons. The van der Waals surface area contributed by atoms with Gasteiger partial charge in [0.2, 0.25) is 0 Å². The minimum Gasteiger partial charge on any atom is -0.503 e. The summed E-state index contributed by atoms with van der Waals surface area (Å²) in [5.74, 6) is -5.98. The number of esters is 1. The van der Waals surface area contributed by atoms with E-state index in [4.69, 9.17) is 10.5 Å². The molecule has 1 rings (SSSR count). The Morgan fingerprint density at radius 3 is 2.52 bits per heavy atom. The molecule has 1 atom stereocenters. The minimum atomic E-state index is -3.93. The number of rotatable bonds is 5. The van der Waals surface area contributed by atoms with E-state index in [-0.39, 0.29) is 32.6 Å². The van der Waals surface area contributed by atoms with Crippen LogP contribution in [0.5, 0.6) is 11.5 Å². The quantitative estimate of drug-likeness (QED) is 0.698. The van der Waals surface area contributed by atoms with Crippen LogP contribution in [0.4, 0.5) is 8.78 Å². The van der Waals surface area contributed by atoms with E-state index < -0.39 is 17.9 Å². The molecule has 1 aromatic rings. The maximum atomic E-state index is 14.0. The molecule has 0 bridgehead atoms. The Hall–Kier alpha value is -0.930. The summed E-state index contributed by atoms with van der Waals surface area (Å²) in [5.41, 5.74) is 5.39. The van der Waals surface area contributed by atoms with E-state index in [0.717, 1.165) is 6.07 Å². The lowest BCUT2D eigenvalue weighted by atomic mass is 10.0. The molecule has 0 aromatic heterocycles. The predicted molar refractivity (Wildman–Crippen MR) is 78.6 cm³/mol. The van der Waals surface area contributed by atoms with Gasteiger partial charge in [0, 0.05) is 4.47 Å². The van der Waals surface area contributed by atoms with Crippen LogP contribution in [0.1, 0.15) is 18.5 Å². The zero-order valence-electron chi connectivity index (χ0n) is 11.1. The fourth-order valence-electron chi connectivity index (χ4n) is 1.54. The second kappa shape index (κ2) is 6.89. The Morgan fingerprint density at radius 2 is 2.05 bits per heavy atom. The van der Waals surface area contributed by atoms with Gasteiger partial charge in [-0.15, -0.1) is 0 Å². The van der Waals surface area contributed by atoms with Gasteiger partial charge in [0.25, 0.3) is 0 Å². The average Bonchev–Trinajstić information content (AvgIpc) is 2.44. The van der Waals surface area contributed by atoms with Crippen molar-refractivity contribution >= 4 is 37.8 Å². The van der Waals surface area contributed by atoms with Gasteiger partial charge in [-0.1, -0.05) is 0 Å². The highest BCUT2D eigenvalue weighted by molar-refractivity contribution is 9.13. The van der Waals surface area contributed by atoms with Crippen molar-refractivity contribution in [3.05, 3.63) is 20.6 Å². The number of phenolic OH excluding ortho intramolecular Hbond substituents is 1. The maximum Gasteiger partial charge on any atom is 0.379 e. The van der Waals surface area contributed by atoms with Crippen molar-refractivity contribution in [3.63, 3.8) is 0 Å². The standard InChI is InChI=1S/C12H13Br2F2NO4/c1-3-21-11(19)12(15,16)10(17)5-4-6(20-2)9(18)8(14)7(5)13/h4,10,18H,3,17H2,1-2H3/t10-/m0/s1. The van der Waals surface area contributed by atoms with Crippen molar-refractivity contribution in [1.29, 1.82) is 0 Å². The Morgan fingerprint density at radius 1 is 1.48 bits per heavy atom. The summed E-state index contributed by atoms with van der Waals surface area (Å²) in [7, 11) is 1.26. The van der Waals surface area contributed by atoms with Crippen molar-refractivity contribution in [1.82, 2.24) is 0 Å². The highest BCUT2D eigenvalue weighted by Crippen LogP contribution is 2.45. The van der Waals surface area contributed by atoms with E-state index in [9.17, 15) is 18.7 Å². The van der Waals surface area contributed by atoms with Gasteiger partial charge in [0.1, 0.15) is 6.04 Å². The Bertz CT molecular complexity index is 555. The van der Waals surface area contributed by atoms with Gasteiger partial charge in [-0.05, 0) is 50.4 Å². The van der Waals surface area contributed by atoms with Crippen LogP contribution in [0.15, 0.2) is 15.0 Å². The number of hydrogen-bond acceptors (Lipinski definition) is 5. The average molecular weight is 433 g/mol. The van der Waals surface area contributed by atoms with Gasteiger partial charge >= 0.3 is 11.9 Å². The third-order valence-corrected chi connectivity index (χ3v) is 4.83. The van der Waals surface area contributed by atoms with E-state index in [0.29, 0.717) is 0 Å². The molecular formula is C12H13Br2F2NO4. The first-order chi connectivity index (χ1) is 9.68. The Labute approximate surface area is 136 Å². The number of nitrogens with two attached hydrogens (primary N) is 1.